The van der Waals surface area contributed by atoms with E-state index < -0.39 is 0 Å². The minimum absolute atomic E-state index is 0.360. The van der Waals surface area contributed by atoms with Crippen molar-refractivity contribution >= 4 is 27.6 Å². The highest BCUT2D eigenvalue weighted by Crippen LogP contribution is 2.33. The molecule has 3 heterocycles. The largest absolute Gasteiger partial charge is 0.382 e. The van der Waals surface area contributed by atoms with Gasteiger partial charge in [0.2, 0.25) is 0 Å². The van der Waals surface area contributed by atoms with Gasteiger partial charge < -0.3 is 16.0 Å². The van der Waals surface area contributed by atoms with Gasteiger partial charge in [0.15, 0.2) is 0 Å². The molecular weight excluding hydrogens is 334 g/mol. The lowest BCUT2D eigenvalue weighted by Gasteiger charge is -2.28. The summed E-state index contributed by atoms with van der Waals surface area (Å²) in [6, 6.07) is 13.5. The first-order valence-corrected chi connectivity index (χ1v) is 9.61. The number of nitrogens with zero attached hydrogens (tertiary/aromatic N) is 2. The Bertz CT molecular complexity index is 1090. The van der Waals surface area contributed by atoms with E-state index in [1.54, 1.807) is 0 Å². The van der Waals surface area contributed by atoms with E-state index >= 15 is 0 Å². The third-order valence-electron chi connectivity index (χ3n) is 5.64. The fourth-order valence-corrected chi connectivity index (χ4v) is 4.12. The maximum Gasteiger partial charge on any atom is 0.137 e. The molecule has 1 saturated carbocycles. The molecule has 0 bridgehead atoms. The second-order valence-electron chi connectivity index (χ2n) is 7.45. The van der Waals surface area contributed by atoms with Crippen molar-refractivity contribution in [3.63, 3.8) is 0 Å². The van der Waals surface area contributed by atoms with Crippen molar-refractivity contribution < 1.29 is 0 Å². The van der Waals surface area contributed by atoms with E-state index in [9.17, 15) is 0 Å². The van der Waals surface area contributed by atoms with Crippen molar-refractivity contribution in [3.05, 3.63) is 55.0 Å². The third-order valence-corrected chi connectivity index (χ3v) is 5.64. The van der Waals surface area contributed by atoms with E-state index in [-0.39, 0.29) is 0 Å². The molecule has 0 unspecified atom stereocenters. The lowest BCUT2D eigenvalue weighted by Crippen LogP contribution is -2.32. The van der Waals surface area contributed by atoms with E-state index in [1.807, 2.05) is 24.7 Å². The Balaban J connectivity index is 1.54. The number of H-pyrrole nitrogens is 1. The number of anilines is 1. The molecule has 4 aromatic rings. The Morgan fingerprint density at radius 1 is 0.963 bits per heavy atom. The summed E-state index contributed by atoms with van der Waals surface area (Å²) in [4.78, 5) is 12.2. The number of benzene rings is 1. The molecule has 0 spiro atoms. The van der Waals surface area contributed by atoms with Crippen LogP contribution in [-0.2, 0) is 0 Å². The number of nitrogens with one attached hydrogen (secondary N) is 2. The normalized spacial score (nSPS) is 20.2. The summed E-state index contributed by atoms with van der Waals surface area (Å²) in [6.45, 7) is 0. The molecule has 5 heteroatoms. The number of hydrogen-bond acceptors (Lipinski definition) is 4. The highest BCUT2D eigenvalue weighted by atomic mass is 14.9. The summed E-state index contributed by atoms with van der Waals surface area (Å²) in [5.41, 5.74) is 11.5. The maximum absolute atomic E-state index is 6.05. The molecule has 3 aromatic heterocycles. The molecule has 0 amide bonds. The number of hydrogen-bond donors (Lipinski definition) is 3. The molecule has 5 nitrogen and oxygen atoms in total. The van der Waals surface area contributed by atoms with Gasteiger partial charge in [-0.05, 0) is 61.6 Å². The van der Waals surface area contributed by atoms with Crippen molar-refractivity contribution in [1.82, 2.24) is 15.0 Å². The molecular formula is C22H23N5. The summed E-state index contributed by atoms with van der Waals surface area (Å²) in [5, 5.41) is 6.03. The van der Waals surface area contributed by atoms with E-state index in [0.717, 1.165) is 53.3 Å². The second kappa shape index (κ2) is 6.67. The molecule has 0 radical (unpaired) electrons. The van der Waals surface area contributed by atoms with E-state index in [2.05, 4.69) is 50.6 Å². The number of rotatable bonds is 3. The predicted octanol–water partition coefficient (Wildman–Crippen LogP) is 4.46. The highest BCUT2D eigenvalue weighted by molar-refractivity contribution is 5.99. The Kier molecular flexibility index (Phi) is 4.02. The van der Waals surface area contributed by atoms with Crippen LogP contribution in [0.5, 0.6) is 0 Å². The van der Waals surface area contributed by atoms with Gasteiger partial charge in [-0.1, -0.05) is 6.07 Å². The van der Waals surface area contributed by atoms with E-state index in [0.29, 0.717) is 12.1 Å². The molecule has 1 aromatic carbocycles. The first-order chi connectivity index (χ1) is 13.3. The van der Waals surface area contributed by atoms with Crippen LogP contribution in [0, 0.1) is 0 Å². The van der Waals surface area contributed by atoms with Gasteiger partial charge in [0.05, 0.1) is 5.52 Å². The van der Waals surface area contributed by atoms with Crippen LogP contribution in [0.4, 0.5) is 5.69 Å². The molecule has 0 saturated heterocycles. The zero-order chi connectivity index (χ0) is 18.2. The van der Waals surface area contributed by atoms with Crippen molar-refractivity contribution in [1.29, 1.82) is 0 Å². The molecule has 0 atom stereocenters. The van der Waals surface area contributed by atoms with Crippen LogP contribution in [0.1, 0.15) is 25.7 Å². The first-order valence-electron chi connectivity index (χ1n) is 9.61. The summed E-state index contributed by atoms with van der Waals surface area (Å²) in [7, 11) is 0. The minimum atomic E-state index is 0.360. The minimum Gasteiger partial charge on any atom is -0.382 e. The smallest absolute Gasteiger partial charge is 0.137 e. The van der Waals surface area contributed by atoms with Gasteiger partial charge in [-0.3, -0.25) is 4.98 Å². The number of fused-ring (bicyclic) bond motifs is 2. The molecule has 1 aliphatic rings. The van der Waals surface area contributed by atoms with Crippen LogP contribution in [0.25, 0.3) is 33.1 Å². The number of nitrogens with two attached hydrogens (primary N) is 1. The van der Waals surface area contributed by atoms with Gasteiger partial charge in [-0.15, -0.1) is 0 Å². The monoisotopic (exact) mass is 357 g/mol. The summed E-state index contributed by atoms with van der Waals surface area (Å²) < 4.78 is 0. The molecule has 27 heavy (non-hydrogen) atoms. The molecule has 136 valence electrons. The number of pyridine rings is 2. The first kappa shape index (κ1) is 16.3. The van der Waals surface area contributed by atoms with Gasteiger partial charge in [0.1, 0.15) is 5.65 Å². The Morgan fingerprint density at radius 3 is 2.74 bits per heavy atom. The van der Waals surface area contributed by atoms with E-state index in [4.69, 9.17) is 5.73 Å². The zero-order valence-electron chi connectivity index (χ0n) is 15.2. The van der Waals surface area contributed by atoms with Crippen LogP contribution in [0.15, 0.2) is 55.0 Å². The van der Waals surface area contributed by atoms with Gasteiger partial charge in [0, 0.05) is 52.7 Å². The average molecular weight is 357 g/mol. The van der Waals surface area contributed by atoms with Crippen molar-refractivity contribution in [2.24, 2.45) is 5.73 Å². The van der Waals surface area contributed by atoms with E-state index in [1.165, 1.54) is 11.1 Å². The molecule has 5 rings (SSSR count). The summed E-state index contributed by atoms with van der Waals surface area (Å²) >= 11 is 0. The molecule has 1 fully saturated rings. The molecule has 1 aliphatic carbocycles. The topological polar surface area (TPSA) is 79.6 Å². The molecule has 4 N–H and O–H groups in total. The van der Waals surface area contributed by atoms with Crippen molar-refractivity contribution in [2.75, 3.05) is 5.32 Å². The van der Waals surface area contributed by atoms with Crippen molar-refractivity contribution in [3.8, 4) is 11.1 Å². The van der Waals surface area contributed by atoms with Crippen LogP contribution in [-0.4, -0.2) is 27.0 Å². The van der Waals surface area contributed by atoms with Crippen LogP contribution in [0.3, 0.4) is 0 Å². The predicted molar refractivity (Wildman–Crippen MR) is 111 cm³/mol. The Labute approximate surface area is 158 Å². The maximum atomic E-state index is 6.05. The summed E-state index contributed by atoms with van der Waals surface area (Å²) in [5.74, 6) is 0. The Hall–Kier alpha value is -2.92. The lowest BCUT2D eigenvalue weighted by molar-refractivity contribution is 0.411. The van der Waals surface area contributed by atoms with Gasteiger partial charge in [-0.25, -0.2) is 4.98 Å². The van der Waals surface area contributed by atoms with Crippen LogP contribution < -0.4 is 11.1 Å². The van der Waals surface area contributed by atoms with Gasteiger partial charge >= 0.3 is 0 Å². The SMILES string of the molecule is N[C@H]1CC[C@H](Nc2ccnc3ccc(-c4c[nH]c5ncccc45)cc23)CC1. The van der Waals surface area contributed by atoms with Gasteiger partial charge in [-0.2, -0.15) is 0 Å². The molecule has 0 aliphatic heterocycles. The number of aromatic amines is 1. The number of aromatic nitrogens is 3. The zero-order valence-corrected chi connectivity index (χ0v) is 15.2. The van der Waals surface area contributed by atoms with Gasteiger partial charge in [0.25, 0.3) is 0 Å². The highest BCUT2D eigenvalue weighted by Gasteiger charge is 2.19. The van der Waals surface area contributed by atoms with Crippen LogP contribution >= 0.6 is 0 Å². The quantitative estimate of drug-likeness (QED) is 0.506. The fourth-order valence-electron chi connectivity index (χ4n) is 4.12. The third kappa shape index (κ3) is 3.04. The van der Waals surface area contributed by atoms with Crippen LogP contribution in [0.2, 0.25) is 0 Å². The standard InChI is InChI=1S/C22H23N5/c23-15-4-6-16(7-5-15)27-21-9-11-24-20-8-3-14(12-18(20)21)19-13-26-22-17(19)2-1-10-25-22/h1-3,8-13,15-16H,4-7,23H2,(H,24,27)(H,25,26)/t15-,16-. The lowest BCUT2D eigenvalue weighted by atomic mass is 9.91. The second-order valence-corrected chi connectivity index (χ2v) is 7.45. The summed E-state index contributed by atoms with van der Waals surface area (Å²) in [6.07, 6.45) is 10.2. The Morgan fingerprint density at radius 2 is 1.85 bits per heavy atom. The average Bonchev–Trinajstić information content (AvgIpc) is 3.14. The fraction of sp³-hybridized carbons (Fsp3) is 0.273. The van der Waals surface area contributed by atoms with Crippen molar-refractivity contribution in [2.45, 2.75) is 37.8 Å².